The van der Waals surface area contributed by atoms with Gasteiger partial charge in [-0.25, -0.2) is 19.0 Å². The highest BCUT2D eigenvalue weighted by atomic mass is 19.1. The minimum Gasteiger partial charge on any atom is -0.482 e. The highest BCUT2D eigenvalue weighted by Crippen LogP contribution is 2.26. The first-order chi connectivity index (χ1) is 15.5. The second-order valence-electron chi connectivity index (χ2n) is 6.71. The van der Waals surface area contributed by atoms with Crippen molar-refractivity contribution in [1.82, 2.24) is 9.97 Å². The molecule has 1 aromatic heterocycles. The summed E-state index contributed by atoms with van der Waals surface area (Å²) in [5, 5.41) is 5.81. The Bertz CT molecular complexity index is 1170. The Labute approximate surface area is 182 Å². The van der Waals surface area contributed by atoms with Gasteiger partial charge < -0.3 is 24.8 Å². The van der Waals surface area contributed by atoms with Crippen molar-refractivity contribution >= 4 is 35.1 Å². The lowest BCUT2D eigenvalue weighted by Crippen LogP contribution is -2.14. The minimum absolute atomic E-state index is 0.0662. The lowest BCUT2D eigenvalue weighted by molar-refractivity contribution is -0.145. The quantitative estimate of drug-likeness (QED) is 0.508. The molecule has 4 rings (SSSR count). The van der Waals surface area contributed by atoms with Crippen LogP contribution in [0.15, 0.2) is 48.7 Å². The molecule has 0 aliphatic carbocycles. The number of carbonyl (C=O) groups is 2. The molecule has 0 unspecified atom stereocenters. The summed E-state index contributed by atoms with van der Waals surface area (Å²) in [4.78, 5) is 31.3. The monoisotopic (exact) mass is 438 g/mol. The van der Waals surface area contributed by atoms with Crippen LogP contribution < -0.4 is 15.4 Å². The van der Waals surface area contributed by atoms with Gasteiger partial charge in [0.2, 0.25) is 5.95 Å². The molecule has 9 nitrogen and oxygen atoms in total. The molecule has 0 atom stereocenters. The smallest absolute Gasteiger partial charge is 0.344 e. The van der Waals surface area contributed by atoms with E-state index in [2.05, 4.69) is 20.6 Å². The van der Waals surface area contributed by atoms with Gasteiger partial charge in [0.05, 0.1) is 18.4 Å². The van der Waals surface area contributed by atoms with Gasteiger partial charge in [-0.15, -0.1) is 0 Å². The number of anilines is 4. The van der Waals surface area contributed by atoms with E-state index in [1.165, 1.54) is 0 Å². The minimum atomic E-state index is -0.662. The molecule has 2 aromatic carbocycles. The van der Waals surface area contributed by atoms with Crippen LogP contribution >= 0.6 is 0 Å². The zero-order valence-electron chi connectivity index (χ0n) is 17.1. The van der Waals surface area contributed by atoms with E-state index in [1.54, 1.807) is 49.4 Å². The number of nitrogens with one attached hydrogen (secondary N) is 2. The number of aromatic nitrogens is 2. The van der Waals surface area contributed by atoms with E-state index in [1.807, 2.05) is 0 Å². The molecule has 0 amide bonds. The number of carbonyl (C=O) groups excluding carboxylic acids is 2. The number of cyclic esters (lactones) is 1. The number of fused-ring (bicyclic) bond motifs is 1. The third-order valence-corrected chi connectivity index (χ3v) is 4.45. The molecule has 2 N–H and O–H groups in total. The Kier molecular flexibility index (Phi) is 6.11. The Morgan fingerprint density at radius 3 is 2.88 bits per heavy atom. The van der Waals surface area contributed by atoms with Crippen molar-refractivity contribution in [3.8, 4) is 5.75 Å². The van der Waals surface area contributed by atoms with Gasteiger partial charge in [0.25, 0.3) is 0 Å². The lowest BCUT2D eigenvalue weighted by atomic mass is 10.1. The fourth-order valence-corrected chi connectivity index (χ4v) is 2.98. The molecule has 0 spiro atoms. The molecule has 3 aromatic rings. The molecule has 0 radical (unpaired) electrons. The van der Waals surface area contributed by atoms with Gasteiger partial charge in [-0.05, 0) is 31.2 Å². The second kappa shape index (κ2) is 9.29. The first-order valence-corrected chi connectivity index (χ1v) is 9.77. The molecular formula is C22H19FN4O5. The van der Waals surface area contributed by atoms with Crippen LogP contribution in [0.25, 0.3) is 0 Å². The molecule has 0 bridgehead atoms. The summed E-state index contributed by atoms with van der Waals surface area (Å²) in [6.45, 7) is 2.00. The molecule has 1 aliphatic rings. The van der Waals surface area contributed by atoms with Crippen LogP contribution in [-0.2, 0) is 20.9 Å². The Balaban J connectivity index is 1.46. The van der Waals surface area contributed by atoms with E-state index in [-0.39, 0.29) is 31.6 Å². The zero-order chi connectivity index (χ0) is 22.5. The van der Waals surface area contributed by atoms with Gasteiger partial charge in [0, 0.05) is 23.0 Å². The maximum absolute atomic E-state index is 14.3. The third-order valence-electron chi connectivity index (χ3n) is 4.45. The maximum Gasteiger partial charge on any atom is 0.344 e. The molecule has 10 heteroatoms. The Hall–Kier alpha value is -4.21. The van der Waals surface area contributed by atoms with Crippen molar-refractivity contribution in [3.05, 3.63) is 65.6 Å². The summed E-state index contributed by atoms with van der Waals surface area (Å²) >= 11 is 0. The molecule has 0 saturated carbocycles. The Morgan fingerprint density at radius 2 is 2.03 bits per heavy atom. The van der Waals surface area contributed by atoms with E-state index < -0.39 is 17.8 Å². The van der Waals surface area contributed by atoms with Crippen LogP contribution in [0.3, 0.4) is 0 Å². The number of hydrogen-bond donors (Lipinski definition) is 2. The van der Waals surface area contributed by atoms with E-state index >= 15 is 0 Å². The van der Waals surface area contributed by atoms with E-state index in [9.17, 15) is 14.0 Å². The van der Waals surface area contributed by atoms with Crippen LogP contribution in [0.4, 0.5) is 27.5 Å². The molecule has 0 saturated heterocycles. The van der Waals surface area contributed by atoms with Gasteiger partial charge in [0.15, 0.2) is 18.2 Å². The van der Waals surface area contributed by atoms with Crippen molar-refractivity contribution in [2.24, 2.45) is 0 Å². The van der Waals surface area contributed by atoms with Crippen LogP contribution in [-0.4, -0.2) is 35.1 Å². The predicted octanol–water partition coefficient (Wildman–Crippen LogP) is 3.72. The highest BCUT2D eigenvalue weighted by Gasteiger charge is 2.21. The average molecular weight is 438 g/mol. The van der Waals surface area contributed by atoms with E-state index in [0.29, 0.717) is 22.7 Å². The summed E-state index contributed by atoms with van der Waals surface area (Å²) in [5.41, 5.74) is 2.27. The van der Waals surface area contributed by atoms with Gasteiger partial charge >= 0.3 is 11.9 Å². The molecule has 1 aliphatic heterocycles. The van der Waals surface area contributed by atoms with Crippen molar-refractivity contribution in [3.63, 3.8) is 0 Å². The lowest BCUT2D eigenvalue weighted by Gasteiger charge is -2.11. The fraction of sp³-hybridized carbons (Fsp3) is 0.182. The molecule has 164 valence electrons. The number of rotatable bonds is 8. The number of nitrogens with zero attached hydrogens (tertiary/aromatic N) is 2. The van der Waals surface area contributed by atoms with Crippen molar-refractivity contribution in [1.29, 1.82) is 0 Å². The van der Waals surface area contributed by atoms with Gasteiger partial charge in [-0.1, -0.05) is 12.1 Å². The number of hydrogen-bond acceptors (Lipinski definition) is 9. The summed E-state index contributed by atoms with van der Waals surface area (Å²) in [6.07, 6.45) is 1.03. The first kappa shape index (κ1) is 21.0. The second-order valence-corrected chi connectivity index (χ2v) is 6.71. The van der Waals surface area contributed by atoms with Crippen molar-refractivity contribution < 1.29 is 28.2 Å². The summed E-state index contributed by atoms with van der Waals surface area (Å²) in [7, 11) is 0. The van der Waals surface area contributed by atoms with Crippen LogP contribution in [0, 0.1) is 5.82 Å². The first-order valence-electron chi connectivity index (χ1n) is 9.77. The maximum atomic E-state index is 14.3. The average Bonchev–Trinajstić information content (AvgIpc) is 3.15. The van der Waals surface area contributed by atoms with Crippen LogP contribution in [0.5, 0.6) is 5.75 Å². The van der Waals surface area contributed by atoms with E-state index in [0.717, 1.165) is 11.8 Å². The summed E-state index contributed by atoms with van der Waals surface area (Å²) in [5.74, 6) is -1.04. The van der Waals surface area contributed by atoms with Crippen LogP contribution in [0.2, 0.25) is 0 Å². The topological polar surface area (TPSA) is 112 Å². The fourth-order valence-electron chi connectivity index (χ4n) is 2.98. The molecular weight excluding hydrogens is 419 g/mol. The van der Waals surface area contributed by atoms with Gasteiger partial charge in [-0.3, -0.25) is 0 Å². The normalized spacial score (nSPS) is 12.0. The number of benzene rings is 2. The van der Waals surface area contributed by atoms with Gasteiger partial charge in [-0.2, -0.15) is 4.98 Å². The van der Waals surface area contributed by atoms with Crippen LogP contribution in [0.1, 0.15) is 22.8 Å². The largest absolute Gasteiger partial charge is 0.482 e. The highest BCUT2D eigenvalue weighted by molar-refractivity contribution is 5.94. The molecule has 0 fully saturated rings. The van der Waals surface area contributed by atoms with Crippen molar-refractivity contribution in [2.45, 2.75) is 13.5 Å². The number of ether oxygens (including phenoxy) is 3. The molecule has 2 heterocycles. The van der Waals surface area contributed by atoms with Gasteiger partial charge in [0.1, 0.15) is 12.4 Å². The predicted molar refractivity (Wildman–Crippen MR) is 113 cm³/mol. The Morgan fingerprint density at radius 1 is 1.19 bits per heavy atom. The molecule has 32 heavy (non-hydrogen) atoms. The number of esters is 2. The SMILES string of the molecule is CCOC(=O)COc1cccc(Nc2ncc(F)c(Nc3ccc4c(c3)C(=O)OC4)n2)c1. The van der Waals surface area contributed by atoms with Crippen molar-refractivity contribution in [2.75, 3.05) is 23.8 Å². The van der Waals surface area contributed by atoms with E-state index in [4.69, 9.17) is 14.2 Å². The summed E-state index contributed by atoms with van der Waals surface area (Å²) < 4.78 is 29.5. The third kappa shape index (κ3) is 4.91. The zero-order valence-corrected chi connectivity index (χ0v) is 17.1. The number of halogens is 1. The summed E-state index contributed by atoms with van der Waals surface area (Å²) in [6, 6.07) is 11.8. The standard InChI is InChI=1S/C22H19FN4O5/c1-2-30-19(28)12-31-16-5-3-4-14(8-16)26-22-24-10-18(23)20(27-22)25-15-7-6-13-11-32-21(29)17(13)9-15/h3-10H,2,11-12H2,1H3,(H2,24,25,26,27).